The lowest BCUT2D eigenvalue weighted by atomic mass is 10.1. The Morgan fingerprint density at radius 2 is 1.65 bits per heavy atom. The molecule has 0 aliphatic heterocycles. The van der Waals surface area contributed by atoms with Gasteiger partial charge in [-0.05, 0) is 56.3 Å². The number of carbonyl (C=O) groups excluding carboxylic acids is 2. The number of methoxy groups -OCH3 is 1. The third-order valence-corrected chi connectivity index (χ3v) is 7.37. The number of ether oxygens (including phenoxy) is 1. The van der Waals surface area contributed by atoms with Crippen LogP contribution in [0.3, 0.4) is 0 Å². The van der Waals surface area contributed by atoms with Gasteiger partial charge in [0.15, 0.2) is 0 Å². The fraction of sp³-hybridized carbons (Fsp3) is 0.120. The fourth-order valence-corrected chi connectivity index (χ4v) is 5.23. The van der Waals surface area contributed by atoms with E-state index in [2.05, 4.69) is 0 Å². The lowest BCUT2D eigenvalue weighted by Crippen LogP contribution is -2.37. The first-order valence-electron chi connectivity index (χ1n) is 10.2. The van der Waals surface area contributed by atoms with Crippen LogP contribution in [-0.4, -0.2) is 27.4 Å². The number of hydrogen-bond acceptors (Lipinski definition) is 6. The highest BCUT2D eigenvalue weighted by molar-refractivity contribution is 7.93. The molecule has 0 saturated carbocycles. The first kappa shape index (κ1) is 23.5. The molecule has 3 aromatic carbocycles. The summed E-state index contributed by atoms with van der Waals surface area (Å²) in [7, 11) is -3.12. The second-order valence-corrected chi connectivity index (χ2v) is 9.77. The number of anilines is 1. The average molecular weight is 498 g/mol. The van der Waals surface area contributed by atoms with Crippen molar-refractivity contribution in [3.63, 3.8) is 0 Å². The van der Waals surface area contributed by atoms with E-state index in [1.807, 2.05) is 6.92 Å². The molecule has 4 aromatic rings. The number of esters is 1. The van der Waals surface area contributed by atoms with Gasteiger partial charge in [0.25, 0.3) is 15.9 Å². The number of halogens is 1. The average Bonchev–Trinajstić information content (AvgIpc) is 3.14. The lowest BCUT2D eigenvalue weighted by molar-refractivity contribution is 0.0600. The highest BCUT2D eigenvalue weighted by atomic mass is 35.5. The largest absolute Gasteiger partial charge is 0.465 e. The SMILES string of the molecule is COC(=O)c1c(C)oc2ccc(N(C(=O)c3ccccc3Cl)S(=O)(=O)c3ccc(C)cc3)cc12. The predicted molar refractivity (Wildman–Crippen MR) is 129 cm³/mol. The molecule has 7 nitrogen and oxygen atoms in total. The van der Waals surface area contributed by atoms with Gasteiger partial charge in [-0.2, -0.15) is 4.31 Å². The maximum absolute atomic E-state index is 13.7. The third kappa shape index (κ3) is 4.06. The van der Waals surface area contributed by atoms with Crippen LogP contribution in [0.15, 0.2) is 76.0 Å². The van der Waals surface area contributed by atoms with Crippen LogP contribution in [0.1, 0.15) is 32.0 Å². The summed E-state index contributed by atoms with van der Waals surface area (Å²) >= 11 is 6.23. The Labute approximate surface area is 201 Å². The minimum atomic E-state index is -4.36. The number of amides is 1. The molecule has 9 heteroatoms. The van der Waals surface area contributed by atoms with Crippen LogP contribution in [0.5, 0.6) is 0 Å². The predicted octanol–water partition coefficient (Wildman–Crippen LogP) is 5.53. The van der Waals surface area contributed by atoms with Crippen molar-refractivity contribution >= 4 is 50.2 Å². The molecule has 0 aliphatic rings. The smallest absolute Gasteiger partial charge is 0.342 e. The van der Waals surface area contributed by atoms with Crippen molar-refractivity contribution in [2.45, 2.75) is 18.7 Å². The molecule has 1 heterocycles. The first-order valence-corrected chi connectivity index (χ1v) is 12.0. The fourth-order valence-electron chi connectivity index (χ4n) is 3.61. The molecule has 0 radical (unpaired) electrons. The maximum Gasteiger partial charge on any atom is 0.342 e. The molecular weight excluding hydrogens is 478 g/mol. The van der Waals surface area contributed by atoms with Gasteiger partial charge in [-0.15, -0.1) is 0 Å². The van der Waals surface area contributed by atoms with Crippen molar-refractivity contribution in [1.29, 1.82) is 0 Å². The van der Waals surface area contributed by atoms with Gasteiger partial charge < -0.3 is 9.15 Å². The highest BCUT2D eigenvalue weighted by Crippen LogP contribution is 2.34. The van der Waals surface area contributed by atoms with Crippen LogP contribution in [-0.2, 0) is 14.8 Å². The standard InChI is InChI=1S/C25H20ClNO6S/c1-15-8-11-18(12-9-15)34(30,31)27(24(28)19-6-4-5-7-21(19)26)17-10-13-22-20(14-17)23(16(2)33-22)25(29)32-3/h4-14H,1-3H3. The van der Waals surface area contributed by atoms with E-state index in [4.69, 9.17) is 20.8 Å². The Kier molecular flexibility index (Phi) is 6.20. The number of carbonyl (C=O) groups is 2. The molecule has 1 amide bonds. The first-order chi connectivity index (χ1) is 16.1. The zero-order chi connectivity index (χ0) is 24.6. The Morgan fingerprint density at radius 3 is 2.29 bits per heavy atom. The van der Waals surface area contributed by atoms with E-state index in [9.17, 15) is 18.0 Å². The molecule has 0 saturated heterocycles. The van der Waals surface area contributed by atoms with E-state index in [0.29, 0.717) is 21.0 Å². The number of hydrogen-bond donors (Lipinski definition) is 0. The highest BCUT2D eigenvalue weighted by Gasteiger charge is 2.33. The van der Waals surface area contributed by atoms with Gasteiger partial charge in [0, 0.05) is 5.39 Å². The summed E-state index contributed by atoms with van der Waals surface area (Å²) in [6, 6.07) is 16.7. The number of furan rings is 1. The molecule has 0 fully saturated rings. The van der Waals surface area contributed by atoms with Gasteiger partial charge in [0.2, 0.25) is 0 Å². The van der Waals surface area contributed by atoms with Crippen molar-refractivity contribution < 1.29 is 27.2 Å². The Hall–Kier alpha value is -3.62. The second-order valence-electron chi connectivity index (χ2n) is 7.57. The minimum Gasteiger partial charge on any atom is -0.465 e. The van der Waals surface area contributed by atoms with Crippen LogP contribution >= 0.6 is 11.6 Å². The monoisotopic (exact) mass is 497 g/mol. The van der Waals surface area contributed by atoms with E-state index in [1.54, 1.807) is 31.2 Å². The van der Waals surface area contributed by atoms with Crippen LogP contribution in [0.4, 0.5) is 5.69 Å². The Bertz CT molecular complexity index is 1520. The van der Waals surface area contributed by atoms with E-state index < -0.39 is 21.9 Å². The summed E-state index contributed by atoms with van der Waals surface area (Å²) in [4.78, 5) is 25.9. The molecule has 174 valence electrons. The van der Waals surface area contributed by atoms with Crippen LogP contribution in [0.2, 0.25) is 5.02 Å². The minimum absolute atomic E-state index is 0.0107. The van der Waals surface area contributed by atoms with Crippen molar-refractivity contribution in [1.82, 2.24) is 0 Å². The summed E-state index contributed by atoms with van der Waals surface area (Å²) in [5, 5.41) is 0.421. The normalized spacial score (nSPS) is 11.4. The van der Waals surface area contributed by atoms with Gasteiger partial charge in [-0.3, -0.25) is 4.79 Å². The number of nitrogens with zero attached hydrogens (tertiary/aromatic N) is 1. The number of sulfonamides is 1. The molecule has 34 heavy (non-hydrogen) atoms. The summed E-state index contributed by atoms with van der Waals surface area (Å²) < 4.78 is 38.6. The van der Waals surface area contributed by atoms with E-state index in [0.717, 1.165) is 5.56 Å². The molecular formula is C25H20ClNO6S. The van der Waals surface area contributed by atoms with Gasteiger partial charge >= 0.3 is 5.97 Å². The number of rotatable bonds is 5. The molecule has 1 aromatic heterocycles. The quantitative estimate of drug-likeness (QED) is 0.337. The van der Waals surface area contributed by atoms with Crippen molar-refractivity contribution in [3.05, 3.63) is 94.2 Å². The second kappa shape index (κ2) is 8.96. The molecule has 0 atom stereocenters. The van der Waals surface area contributed by atoms with Crippen molar-refractivity contribution in [2.24, 2.45) is 0 Å². The van der Waals surface area contributed by atoms with E-state index in [-0.39, 0.29) is 26.7 Å². The molecule has 0 bridgehead atoms. The molecule has 0 aliphatic carbocycles. The summed E-state index contributed by atoms with van der Waals surface area (Å²) in [5.41, 5.74) is 1.39. The van der Waals surface area contributed by atoms with Gasteiger partial charge in [-0.25, -0.2) is 13.2 Å². The zero-order valence-electron chi connectivity index (χ0n) is 18.5. The molecule has 0 spiro atoms. The number of aryl methyl sites for hydroxylation is 2. The van der Waals surface area contributed by atoms with Crippen molar-refractivity contribution in [3.8, 4) is 0 Å². The summed E-state index contributed by atoms with van der Waals surface area (Å²) in [6.07, 6.45) is 0. The van der Waals surface area contributed by atoms with Gasteiger partial charge in [0.1, 0.15) is 16.9 Å². The topological polar surface area (TPSA) is 93.9 Å². The van der Waals surface area contributed by atoms with Crippen LogP contribution in [0, 0.1) is 13.8 Å². The van der Waals surface area contributed by atoms with Crippen LogP contribution < -0.4 is 4.31 Å². The van der Waals surface area contributed by atoms with Gasteiger partial charge in [-0.1, -0.05) is 41.4 Å². The summed E-state index contributed by atoms with van der Waals surface area (Å²) in [5.74, 6) is -1.17. The summed E-state index contributed by atoms with van der Waals surface area (Å²) in [6.45, 7) is 3.42. The lowest BCUT2D eigenvalue weighted by Gasteiger charge is -2.23. The van der Waals surface area contributed by atoms with Crippen LogP contribution in [0.25, 0.3) is 11.0 Å². The Morgan fingerprint density at radius 1 is 0.971 bits per heavy atom. The molecule has 4 rings (SSSR count). The maximum atomic E-state index is 13.7. The van der Waals surface area contributed by atoms with Crippen molar-refractivity contribution in [2.75, 3.05) is 11.4 Å². The van der Waals surface area contributed by atoms with E-state index in [1.165, 1.54) is 49.6 Å². The molecule has 0 N–H and O–H groups in total. The zero-order valence-corrected chi connectivity index (χ0v) is 20.1. The van der Waals surface area contributed by atoms with Gasteiger partial charge in [0.05, 0.1) is 28.3 Å². The number of benzene rings is 3. The number of fused-ring (bicyclic) bond motifs is 1. The Balaban J connectivity index is 1.97. The molecule has 0 unspecified atom stereocenters. The third-order valence-electron chi connectivity index (χ3n) is 5.32. The van der Waals surface area contributed by atoms with E-state index >= 15 is 0 Å².